The molecule has 0 aromatic rings. The molecule has 4 nitrogen and oxygen atoms in total. The van der Waals surface area contributed by atoms with Crippen molar-refractivity contribution >= 4 is 43.7 Å². The number of rotatable bonds is 6. The molecule has 0 aliphatic carbocycles. The van der Waals surface area contributed by atoms with Gasteiger partial charge in [-0.15, -0.1) is 0 Å². The first-order valence-electron chi connectivity index (χ1n) is 4.58. The summed E-state index contributed by atoms with van der Waals surface area (Å²) >= 11 is 6.52. The lowest BCUT2D eigenvalue weighted by Crippen LogP contribution is -2.49. The molecule has 0 saturated heterocycles. The number of esters is 1. The van der Waals surface area contributed by atoms with Gasteiger partial charge in [0.25, 0.3) is 0 Å². The van der Waals surface area contributed by atoms with Crippen molar-refractivity contribution in [2.75, 3.05) is 12.4 Å². The highest BCUT2D eigenvalue weighted by Gasteiger charge is 2.36. The second kappa shape index (κ2) is 7.22. The van der Waals surface area contributed by atoms with Crippen LogP contribution in [0.4, 0.5) is 0 Å². The van der Waals surface area contributed by atoms with Crippen LogP contribution in [-0.4, -0.2) is 28.8 Å². The Balaban J connectivity index is 4.40. The molecule has 0 aliphatic heterocycles. The molecule has 15 heavy (non-hydrogen) atoms. The highest BCUT2D eigenvalue weighted by molar-refractivity contribution is 9.10. The zero-order valence-electron chi connectivity index (χ0n) is 8.81. The highest BCUT2D eigenvalue weighted by atomic mass is 79.9. The van der Waals surface area contributed by atoms with E-state index in [9.17, 15) is 9.59 Å². The molecular weight excluding hydrogens is 330 g/mol. The zero-order valence-corrected chi connectivity index (χ0v) is 12.0. The monoisotopic (exact) mass is 343 g/mol. The van der Waals surface area contributed by atoms with Gasteiger partial charge in [-0.1, -0.05) is 15.9 Å². The minimum Gasteiger partial charge on any atom is -0.467 e. The second-order valence-electron chi connectivity index (χ2n) is 3.12. The van der Waals surface area contributed by atoms with Crippen molar-refractivity contribution in [2.24, 2.45) is 0 Å². The van der Waals surface area contributed by atoms with Crippen molar-refractivity contribution in [3.63, 3.8) is 0 Å². The van der Waals surface area contributed by atoms with Gasteiger partial charge in [0, 0.05) is 12.3 Å². The topological polar surface area (TPSA) is 55.4 Å². The minimum atomic E-state index is -1.09. The highest BCUT2D eigenvalue weighted by Crippen LogP contribution is 2.24. The molecule has 0 bridgehead atoms. The Hall–Kier alpha value is -0.100. The van der Waals surface area contributed by atoms with Gasteiger partial charge in [-0.2, -0.15) is 0 Å². The van der Waals surface area contributed by atoms with Crippen molar-refractivity contribution < 1.29 is 14.3 Å². The fourth-order valence-corrected chi connectivity index (χ4v) is 2.24. The molecule has 0 spiro atoms. The van der Waals surface area contributed by atoms with Gasteiger partial charge < -0.3 is 10.1 Å². The number of hydrogen-bond acceptors (Lipinski definition) is 3. The molecule has 0 rings (SSSR count). The van der Waals surface area contributed by atoms with Gasteiger partial charge in [-0.3, -0.25) is 4.79 Å². The van der Waals surface area contributed by atoms with E-state index in [4.69, 9.17) is 0 Å². The Morgan fingerprint density at radius 2 is 2.00 bits per heavy atom. The smallest absolute Gasteiger partial charge is 0.342 e. The van der Waals surface area contributed by atoms with Gasteiger partial charge >= 0.3 is 5.97 Å². The summed E-state index contributed by atoms with van der Waals surface area (Å²) in [6.45, 7) is 1.36. The quantitative estimate of drug-likeness (QED) is 0.347. The number of hydrogen-bond donors (Lipinski definition) is 1. The van der Waals surface area contributed by atoms with Crippen molar-refractivity contribution in [1.29, 1.82) is 0 Å². The van der Waals surface area contributed by atoms with Gasteiger partial charge in [0.1, 0.15) is 0 Å². The standard InChI is InChI=1S/C9H15Br2NO3/c1-7(13)12-9(11,8(14)15-2)5-3-4-6-10/h3-6H2,1-2H3,(H,12,13). The van der Waals surface area contributed by atoms with Crippen molar-refractivity contribution in [1.82, 2.24) is 5.32 Å². The molecule has 0 aromatic heterocycles. The summed E-state index contributed by atoms with van der Waals surface area (Å²) < 4.78 is 3.55. The SMILES string of the molecule is COC(=O)C(Br)(CCCCBr)NC(C)=O. The molecule has 1 atom stereocenters. The van der Waals surface area contributed by atoms with Crippen molar-refractivity contribution in [3.8, 4) is 0 Å². The van der Waals surface area contributed by atoms with Crippen LogP contribution < -0.4 is 5.32 Å². The lowest BCUT2D eigenvalue weighted by atomic mass is 10.1. The lowest BCUT2D eigenvalue weighted by Gasteiger charge is -2.25. The van der Waals surface area contributed by atoms with Crippen molar-refractivity contribution in [3.05, 3.63) is 0 Å². The summed E-state index contributed by atoms with van der Waals surface area (Å²) in [6.07, 6.45) is 2.25. The summed E-state index contributed by atoms with van der Waals surface area (Å²) in [4.78, 5) is 22.4. The van der Waals surface area contributed by atoms with Gasteiger partial charge in [0.2, 0.25) is 5.91 Å². The van der Waals surface area contributed by atoms with E-state index in [0.29, 0.717) is 6.42 Å². The van der Waals surface area contributed by atoms with Crippen LogP contribution in [0.1, 0.15) is 26.2 Å². The summed E-state index contributed by atoms with van der Waals surface area (Å²) in [5, 5.41) is 3.43. The number of ether oxygens (including phenoxy) is 1. The molecule has 0 aromatic carbocycles. The molecule has 1 amide bonds. The van der Waals surface area contributed by atoms with Crippen LogP contribution in [0.25, 0.3) is 0 Å². The molecule has 0 aliphatic rings. The first-order chi connectivity index (χ1) is 6.96. The van der Waals surface area contributed by atoms with Crippen LogP contribution in [-0.2, 0) is 14.3 Å². The van der Waals surface area contributed by atoms with Crippen LogP contribution in [0.5, 0.6) is 0 Å². The number of amides is 1. The van der Waals surface area contributed by atoms with Gasteiger partial charge in [0.05, 0.1) is 7.11 Å². The molecule has 1 N–H and O–H groups in total. The van der Waals surface area contributed by atoms with Crippen molar-refractivity contribution in [2.45, 2.75) is 30.6 Å². The normalized spacial score (nSPS) is 14.1. The Bertz CT molecular complexity index is 235. The summed E-state index contributed by atoms with van der Waals surface area (Å²) in [6, 6.07) is 0. The Kier molecular flexibility index (Phi) is 7.17. The third kappa shape index (κ3) is 5.51. The van der Waals surface area contributed by atoms with E-state index in [1.807, 2.05) is 0 Å². The number of methoxy groups -OCH3 is 1. The van der Waals surface area contributed by atoms with E-state index < -0.39 is 10.4 Å². The first kappa shape index (κ1) is 14.9. The minimum absolute atomic E-state index is 0.267. The molecule has 1 unspecified atom stereocenters. The van der Waals surface area contributed by atoms with E-state index in [1.165, 1.54) is 14.0 Å². The van der Waals surface area contributed by atoms with Crippen LogP contribution in [0.3, 0.4) is 0 Å². The molecule has 6 heteroatoms. The summed E-state index contributed by atoms with van der Waals surface area (Å²) in [5.74, 6) is -0.747. The van der Waals surface area contributed by atoms with Gasteiger partial charge in [0.15, 0.2) is 4.45 Å². The lowest BCUT2D eigenvalue weighted by molar-refractivity contribution is -0.146. The van der Waals surface area contributed by atoms with Crippen LogP contribution in [0.15, 0.2) is 0 Å². The number of nitrogens with one attached hydrogen (secondary N) is 1. The second-order valence-corrected chi connectivity index (χ2v) is 5.27. The molecule has 0 saturated carbocycles. The molecule has 0 heterocycles. The third-order valence-electron chi connectivity index (χ3n) is 1.79. The Morgan fingerprint density at radius 1 is 1.40 bits per heavy atom. The zero-order chi connectivity index (χ0) is 11.9. The Morgan fingerprint density at radius 3 is 2.40 bits per heavy atom. The van der Waals surface area contributed by atoms with E-state index in [-0.39, 0.29) is 5.91 Å². The molecular formula is C9H15Br2NO3. The number of halogens is 2. The average Bonchev–Trinajstić information content (AvgIpc) is 2.15. The fourth-order valence-electron chi connectivity index (χ4n) is 1.12. The van der Waals surface area contributed by atoms with Gasteiger partial charge in [-0.25, -0.2) is 4.79 Å². The largest absolute Gasteiger partial charge is 0.467 e. The average molecular weight is 345 g/mol. The molecule has 0 radical (unpaired) electrons. The number of unbranched alkanes of at least 4 members (excludes halogenated alkanes) is 1. The number of carbonyl (C=O) groups is 2. The van der Waals surface area contributed by atoms with Crippen LogP contribution in [0, 0.1) is 0 Å². The predicted octanol–water partition coefficient (Wildman–Crippen LogP) is 1.95. The van der Waals surface area contributed by atoms with E-state index in [2.05, 4.69) is 41.9 Å². The van der Waals surface area contributed by atoms with E-state index >= 15 is 0 Å². The van der Waals surface area contributed by atoms with Crippen LogP contribution >= 0.6 is 31.9 Å². The number of alkyl halides is 2. The van der Waals surface area contributed by atoms with Crippen LogP contribution in [0.2, 0.25) is 0 Å². The summed E-state index contributed by atoms with van der Waals surface area (Å²) in [7, 11) is 1.30. The van der Waals surface area contributed by atoms with E-state index in [1.54, 1.807) is 0 Å². The third-order valence-corrected chi connectivity index (χ3v) is 3.27. The van der Waals surface area contributed by atoms with Gasteiger partial charge in [-0.05, 0) is 35.2 Å². The Labute approximate surface area is 106 Å². The maximum atomic E-state index is 11.5. The predicted molar refractivity (Wildman–Crippen MR) is 65.1 cm³/mol. The summed E-state index contributed by atoms with van der Waals surface area (Å²) in [5.41, 5.74) is 0. The molecule has 0 fully saturated rings. The number of carbonyl (C=O) groups excluding carboxylic acids is 2. The maximum absolute atomic E-state index is 11.5. The molecule has 88 valence electrons. The fraction of sp³-hybridized carbons (Fsp3) is 0.778. The maximum Gasteiger partial charge on any atom is 0.342 e. The van der Waals surface area contributed by atoms with E-state index in [0.717, 1.165) is 18.2 Å². The first-order valence-corrected chi connectivity index (χ1v) is 6.49.